The summed E-state index contributed by atoms with van der Waals surface area (Å²) in [5, 5.41) is 29.5. The molecule has 0 saturated carbocycles. The van der Waals surface area contributed by atoms with Crippen LogP contribution in [0.4, 0.5) is 5.69 Å². The zero-order valence-corrected chi connectivity index (χ0v) is 13.2. The molecule has 0 unspecified atom stereocenters. The summed E-state index contributed by atoms with van der Waals surface area (Å²) in [6.07, 6.45) is 2.03. The average Bonchev–Trinajstić information content (AvgIpc) is 2.62. The number of thioether (sulfide) groups is 1. The van der Waals surface area contributed by atoms with Crippen LogP contribution < -0.4 is 5.32 Å². The van der Waals surface area contributed by atoms with E-state index in [1.807, 2.05) is 48.7 Å². The molecule has 0 spiro atoms. The zero-order valence-electron chi connectivity index (χ0n) is 12.4. The second-order valence-electron chi connectivity index (χ2n) is 4.49. The highest BCUT2D eigenvalue weighted by Gasteiger charge is 2.07. The minimum absolute atomic E-state index is 0.0488. The van der Waals surface area contributed by atoms with Crippen LogP contribution in [0.1, 0.15) is 0 Å². The van der Waals surface area contributed by atoms with Crippen molar-refractivity contribution in [1.29, 1.82) is 15.8 Å². The van der Waals surface area contributed by atoms with Crippen molar-refractivity contribution in [3.63, 3.8) is 0 Å². The van der Waals surface area contributed by atoms with Crippen molar-refractivity contribution in [2.24, 2.45) is 0 Å². The molecule has 0 aliphatic heterocycles. The van der Waals surface area contributed by atoms with Crippen molar-refractivity contribution in [3.8, 4) is 29.3 Å². The van der Waals surface area contributed by atoms with E-state index in [1.165, 1.54) is 4.90 Å². The van der Waals surface area contributed by atoms with E-state index in [1.54, 1.807) is 23.9 Å². The fourth-order valence-corrected chi connectivity index (χ4v) is 2.66. The summed E-state index contributed by atoms with van der Waals surface area (Å²) in [7, 11) is 0. The van der Waals surface area contributed by atoms with E-state index in [0.29, 0.717) is 5.69 Å². The minimum atomic E-state index is -0.232. The molecular weight excluding hydrogens is 304 g/mol. The number of anilines is 1. The van der Waals surface area contributed by atoms with Crippen LogP contribution in [0.2, 0.25) is 0 Å². The fourth-order valence-electron chi connectivity index (χ4n) is 2.04. The maximum atomic E-state index is 9.05. The third-order valence-electron chi connectivity index (χ3n) is 3.16. The van der Waals surface area contributed by atoms with Gasteiger partial charge in [0.2, 0.25) is 0 Å². The monoisotopic (exact) mass is 316 g/mol. The average molecular weight is 316 g/mol. The summed E-state index contributed by atoms with van der Waals surface area (Å²) in [4.78, 5) is 1.18. The number of rotatable bonds is 4. The second kappa shape index (κ2) is 7.71. The number of nitriles is 3. The van der Waals surface area contributed by atoms with Crippen LogP contribution in [0.15, 0.2) is 64.7 Å². The number of nitrogens with one attached hydrogen (secondary N) is 1. The number of allylic oxidation sites excluding steroid dienone is 2. The van der Waals surface area contributed by atoms with Crippen molar-refractivity contribution in [1.82, 2.24) is 0 Å². The molecular formula is C18H12N4S. The molecule has 0 saturated heterocycles. The van der Waals surface area contributed by atoms with Crippen molar-refractivity contribution in [3.05, 3.63) is 59.8 Å². The normalized spacial score (nSPS) is 9.13. The van der Waals surface area contributed by atoms with E-state index in [-0.39, 0.29) is 11.3 Å². The van der Waals surface area contributed by atoms with Gasteiger partial charge in [0, 0.05) is 10.6 Å². The highest BCUT2D eigenvalue weighted by molar-refractivity contribution is 7.98. The van der Waals surface area contributed by atoms with Gasteiger partial charge in [0.25, 0.3) is 0 Å². The molecule has 1 N–H and O–H groups in total. The zero-order chi connectivity index (χ0) is 16.7. The van der Waals surface area contributed by atoms with Gasteiger partial charge in [0.1, 0.15) is 23.9 Å². The van der Waals surface area contributed by atoms with Crippen molar-refractivity contribution in [2.75, 3.05) is 11.6 Å². The van der Waals surface area contributed by atoms with Gasteiger partial charge in [0.05, 0.1) is 0 Å². The van der Waals surface area contributed by atoms with Gasteiger partial charge in [0.15, 0.2) is 5.57 Å². The van der Waals surface area contributed by atoms with Gasteiger partial charge in [-0.3, -0.25) is 0 Å². The molecule has 5 heteroatoms. The Hall–Kier alpha value is -3.20. The first-order valence-electron chi connectivity index (χ1n) is 6.68. The largest absolute Gasteiger partial charge is 0.345 e. The second-order valence-corrected chi connectivity index (χ2v) is 5.34. The van der Waals surface area contributed by atoms with Crippen LogP contribution >= 0.6 is 11.8 Å². The highest BCUT2D eigenvalue weighted by Crippen LogP contribution is 2.30. The number of hydrogen-bond donors (Lipinski definition) is 1. The molecule has 2 aromatic carbocycles. The minimum Gasteiger partial charge on any atom is -0.345 e. The van der Waals surface area contributed by atoms with E-state index in [0.717, 1.165) is 11.1 Å². The summed E-state index contributed by atoms with van der Waals surface area (Å²) >= 11 is 1.68. The quantitative estimate of drug-likeness (QED) is 0.671. The Bertz CT molecular complexity index is 846. The molecule has 4 nitrogen and oxygen atoms in total. The Labute approximate surface area is 139 Å². The smallest absolute Gasteiger partial charge is 0.163 e. The van der Waals surface area contributed by atoms with E-state index in [2.05, 4.69) is 17.4 Å². The van der Waals surface area contributed by atoms with Crippen LogP contribution in [-0.4, -0.2) is 6.26 Å². The van der Waals surface area contributed by atoms with E-state index in [4.69, 9.17) is 15.8 Å². The molecule has 2 aromatic rings. The Kier molecular flexibility index (Phi) is 5.42. The van der Waals surface area contributed by atoms with Crippen molar-refractivity contribution in [2.45, 2.75) is 4.90 Å². The fraction of sp³-hybridized carbons (Fsp3) is 0.0556. The van der Waals surface area contributed by atoms with E-state index in [9.17, 15) is 0 Å². The molecule has 0 aliphatic rings. The van der Waals surface area contributed by atoms with E-state index >= 15 is 0 Å². The molecule has 0 heterocycles. The Morgan fingerprint density at radius 1 is 0.913 bits per heavy atom. The molecule has 0 fully saturated rings. The predicted molar refractivity (Wildman–Crippen MR) is 91.1 cm³/mol. The number of hydrogen-bond acceptors (Lipinski definition) is 5. The van der Waals surface area contributed by atoms with Gasteiger partial charge < -0.3 is 5.32 Å². The van der Waals surface area contributed by atoms with Crippen molar-refractivity contribution < 1.29 is 0 Å². The Morgan fingerprint density at radius 2 is 1.57 bits per heavy atom. The van der Waals surface area contributed by atoms with Gasteiger partial charge in [-0.2, -0.15) is 15.8 Å². The van der Waals surface area contributed by atoms with Gasteiger partial charge in [-0.1, -0.05) is 30.3 Å². The summed E-state index contributed by atoms with van der Waals surface area (Å²) in [5.74, 6) is 0. The molecule has 0 bridgehead atoms. The molecule has 0 aliphatic carbocycles. The first-order valence-corrected chi connectivity index (χ1v) is 7.91. The number of nitrogens with zero attached hydrogens (tertiary/aromatic N) is 3. The van der Waals surface area contributed by atoms with Crippen LogP contribution in [0.25, 0.3) is 11.1 Å². The summed E-state index contributed by atoms with van der Waals surface area (Å²) in [6, 6.07) is 20.9. The molecule has 110 valence electrons. The number of benzene rings is 2. The van der Waals surface area contributed by atoms with Crippen LogP contribution in [-0.2, 0) is 0 Å². The van der Waals surface area contributed by atoms with Crippen LogP contribution in [0.5, 0.6) is 0 Å². The summed E-state index contributed by atoms with van der Waals surface area (Å²) in [5.41, 5.74) is 2.56. The van der Waals surface area contributed by atoms with Gasteiger partial charge in [-0.25, -0.2) is 0 Å². The van der Waals surface area contributed by atoms with Crippen molar-refractivity contribution >= 4 is 17.4 Å². The third-order valence-corrected chi connectivity index (χ3v) is 3.95. The standard InChI is InChI=1S/C18H12N4S/c1-23-18-5-3-2-4-16(18)13-6-8-15(9-7-13)22-17(12-21)14(10-19)11-20/h2-9,22H,1H3. The molecule has 0 aromatic heterocycles. The highest BCUT2D eigenvalue weighted by atomic mass is 32.2. The maximum absolute atomic E-state index is 9.05. The van der Waals surface area contributed by atoms with Gasteiger partial charge in [-0.15, -0.1) is 11.8 Å². The predicted octanol–water partition coefficient (Wildman–Crippen LogP) is 4.31. The topological polar surface area (TPSA) is 83.4 Å². The maximum Gasteiger partial charge on any atom is 0.163 e. The molecule has 0 radical (unpaired) electrons. The lowest BCUT2D eigenvalue weighted by Crippen LogP contribution is -2.00. The summed E-state index contributed by atoms with van der Waals surface area (Å²) in [6.45, 7) is 0. The lowest BCUT2D eigenvalue weighted by Gasteiger charge is -2.09. The lowest BCUT2D eigenvalue weighted by atomic mass is 10.1. The lowest BCUT2D eigenvalue weighted by molar-refractivity contribution is 1.37. The third kappa shape index (κ3) is 3.71. The molecule has 0 atom stereocenters. The molecule has 0 amide bonds. The van der Waals surface area contributed by atoms with Gasteiger partial charge >= 0.3 is 0 Å². The summed E-state index contributed by atoms with van der Waals surface area (Å²) < 4.78 is 0. The first kappa shape index (κ1) is 16.2. The van der Waals surface area contributed by atoms with E-state index < -0.39 is 0 Å². The molecule has 2 rings (SSSR count). The Balaban J connectivity index is 2.31. The first-order chi connectivity index (χ1) is 11.2. The SMILES string of the molecule is CSc1ccccc1-c1ccc(NC(C#N)=C(C#N)C#N)cc1. The van der Waals surface area contributed by atoms with Crippen LogP contribution in [0, 0.1) is 34.0 Å². The molecule has 23 heavy (non-hydrogen) atoms. The Morgan fingerprint density at radius 3 is 2.13 bits per heavy atom. The van der Waals surface area contributed by atoms with Crippen LogP contribution in [0.3, 0.4) is 0 Å². The van der Waals surface area contributed by atoms with Gasteiger partial charge in [-0.05, 0) is 35.6 Å².